The summed E-state index contributed by atoms with van der Waals surface area (Å²) in [6, 6.07) is 9.33. The number of aliphatic hydroxyl groups excluding tert-OH is 1. The third kappa shape index (κ3) is 5.95. The lowest BCUT2D eigenvalue weighted by atomic mass is 10.1. The van der Waals surface area contributed by atoms with Gasteiger partial charge in [-0.1, -0.05) is 48.3 Å². The van der Waals surface area contributed by atoms with Crippen molar-refractivity contribution in [2.75, 3.05) is 12.8 Å². The molecule has 2 aromatic rings. The van der Waals surface area contributed by atoms with E-state index in [0.29, 0.717) is 0 Å². The molecular weight excluding hydrogens is 498 g/mol. The quantitative estimate of drug-likeness (QED) is 0.380. The third-order valence-electron chi connectivity index (χ3n) is 5.10. The summed E-state index contributed by atoms with van der Waals surface area (Å²) in [5.41, 5.74) is -1.48. The predicted molar refractivity (Wildman–Crippen MR) is 121 cm³/mol. The number of nitrogens with zero attached hydrogens (tertiary/aromatic N) is 1. The maximum absolute atomic E-state index is 13.5. The van der Waals surface area contributed by atoms with E-state index in [1.807, 2.05) is 4.98 Å². The number of hydrogen-bond acceptors (Lipinski definition) is 8. The van der Waals surface area contributed by atoms with Crippen LogP contribution in [0.2, 0.25) is 0 Å². The van der Waals surface area contributed by atoms with E-state index in [1.54, 1.807) is 37.3 Å². The van der Waals surface area contributed by atoms with Gasteiger partial charge in [0.15, 0.2) is 10.6 Å². The molecular formula is C20H23Cl2N2O8P. The fourth-order valence-electron chi connectivity index (χ4n) is 3.13. The summed E-state index contributed by atoms with van der Waals surface area (Å²) in [4.78, 5) is 37.2. The van der Waals surface area contributed by atoms with Gasteiger partial charge in [0, 0.05) is 18.2 Å². The molecule has 180 valence electrons. The largest absolute Gasteiger partial charge is 0.424 e. The van der Waals surface area contributed by atoms with Gasteiger partial charge in [0.1, 0.15) is 23.7 Å². The molecule has 2 N–H and O–H groups in total. The van der Waals surface area contributed by atoms with Crippen LogP contribution in [0.1, 0.15) is 20.1 Å². The predicted octanol–water partition coefficient (Wildman–Crippen LogP) is 2.48. The maximum Gasteiger partial charge on any atom is 0.379 e. The highest BCUT2D eigenvalue weighted by Gasteiger charge is 2.56. The highest BCUT2D eigenvalue weighted by atomic mass is 35.5. The van der Waals surface area contributed by atoms with Crippen LogP contribution in [0.4, 0.5) is 0 Å². The summed E-state index contributed by atoms with van der Waals surface area (Å²) in [6.45, 7) is 2.49. The van der Waals surface area contributed by atoms with Gasteiger partial charge in [-0.3, -0.25) is 23.7 Å². The molecule has 5 atom stereocenters. The number of hydrogen-bond donors (Lipinski definition) is 2. The number of para-hydroxylation sites is 1. The molecule has 0 radical (unpaired) electrons. The van der Waals surface area contributed by atoms with Crippen LogP contribution in [-0.2, 0) is 18.6 Å². The van der Waals surface area contributed by atoms with Crippen molar-refractivity contribution in [3.8, 4) is 5.75 Å². The van der Waals surface area contributed by atoms with Crippen LogP contribution in [0.25, 0.3) is 0 Å². The average Bonchev–Trinajstić information content (AvgIpc) is 2.96. The maximum atomic E-state index is 13.5. The number of alkyl halides is 2. The van der Waals surface area contributed by atoms with Crippen molar-refractivity contribution in [2.24, 2.45) is 5.92 Å². The van der Waals surface area contributed by atoms with E-state index in [-0.39, 0.29) is 17.7 Å². The van der Waals surface area contributed by atoms with Gasteiger partial charge in [-0.2, -0.15) is 0 Å². The lowest BCUT2D eigenvalue weighted by Gasteiger charge is -2.24. The van der Waals surface area contributed by atoms with Gasteiger partial charge in [-0.25, -0.2) is 9.36 Å². The van der Waals surface area contributed by atoms with Crippen molar-refractivity contribution in [2.45, 2.75) is 36.6 Å². The summed E-state index contributed by atoms with van der Waals surface area (Å²) in [6.07, 6.45) is -3.22. The molecule has 10 nitrogen and oxygen atoms in total. The summed E-state index contributed by atoms with van der Waals surface area (Å²) >= 11 is 12.5. The summed E-state index contributed by atoms with van der Waals surface area (Å²) in [5, 5.41) is 10.6. The van der Waals surface area contributed by atoms with Crippen molar-refractivity contribution < 1.29 is 28.3 Å². The Kier molecular flexibility index (Phi) is 7.88. The van der Waals surface area contributed by atoms with E-state index >= 15 is 0 Å². The van der Waals surface area contributed by atoms with Gasteiger partial charge in [-0.05, 0) is 19.1 Å². The zero-order valence-electron chi connectivity index (χ0n) is 17.7. The molecule has 1 saturated heterocycles. The Morgan fingerprint density at radius 2 is 1.97 bits per heavy atom. The number of halogens is 2. The van der Waals surface area contributed by atoms with Crippen LogP contribution in [0.5, 0.6) is 5.75 Å². The fourth-order valence-corrected chi connectivity index (χ4v) is 5.70. The van der Waals surface area contributed by atoms with E-state index in [4.69, 9.17) is 37.0 Å². The number of Topliss-reactive ketones (excluding diaryl/α,β-unsaturated/α-hetero) is 1. The van der Waals surface area contributed by atoms with Crippen LogP contribution in [-0.4, -0.2) is 49.8 Å². The van der Waals surface area contributed by atoms with Gasteiger partial charge < -0.3 is 14.4 Å². The second-order valence-electron chi connectivity index (χ2n) is 7.67. The third-order valence-corrected chi connectivity index (χ3v) is 7.94. The molecule has 33 heavy (non-hydrogen) atoms. The second kappa shape index (κ2) is 10.1. The SMILES string of the molecule is CC(=O)[C@H](C)CP(=O)(OC[C@H]1O[C@@H](n2ccc(=O)[nH]c2=O)C(Cl)(Cl)[C@H]1O)Oc1ccccc1. The van der Waals surface area contributed by atoms with Crippen LogP contribution < -0.4 is 15.8 Å². The number of rotatable bonds is 9. The number of ether oxygens (including phenoxy) is 1. The molecule has 1 aliphatic rings. The number of nitrogens with one attached hydrogen (secondary N) is 1. The number of aromatic nitrogens is 2. The smallest absolute Gasteiger partial charge is 0.379 e. The van der Waals surface area contributed by atoms with Crippen LogP contribution in [0, 0.1) is 5.92 Å². The zero-order valence-corrected chi connectivity index (χ0v) is 20.1. The molecule has 0 bridgehead atoms. The Balaban J connectivity index is 1.80. The minimum absolute atomic E-state index is 0.203. The van der Waals surface area contributed by atoms with Crippen LogP contribution in [0.3, 0.4) is 0 Å². The average molecular weight is 521 g/mol. The fraction of sp³-hybridized carbons (Fsp3) is 0.450. The summed E-state index contributed by atoms with van der Waals surface area (Å²) in [7, 11) is -3.89. The topological polar surface area (TPSA) is 137 Å². The van der Waals surface area contributed by atoms with Crippen molar-refractivity contribution in [1.82, 2.24) is 9.55 Å². The highest BCUT2D eigenvalue weighted by Crippen LogP contribution is 2.52. The molecule has 0 aliphatic carbocycles. The molecule has 13 heteroatoms. The zero-order chi connectivity index (χ0) is 24.4. The highest BCUT2D eigenvalue weighted by molar-refractivity contribution is 7.54. The Hall–Kier alpha value is -1.94. The van der Waals surface area contributed by atoms with Crippen LogP contribution in [0.15, 0.2) is 52.2 Å². The number of ketones is 1. The minimum atomic E-state index is -3.89. The van der Waals surface area contributed by atoms with Gasteiger partial charge in [-0.15, -0.1) is 0 Å². The van der Waals surface area contributed by atoms with Gasteiger partial charge >= 0.3 is 13.3 Å². The molecule has 3 rings (SSSR count). The molecule has 1 unspecified atom stereocenters. The minimum Gasteiger partial charge on any atom is -0.424 e. The molecule has 0 amide bonds. The molecule has 1 fully saturated rings. The van der Waals surface area contributed by atoms with Gasteiger partial charge in [0.25, 0.3) is 5.56 Å². The lowest BCUT2D eigenvalue weighted by molar-refractivity contribution is -0.119. The normalized spacial score (nSPS) is 24.7. The first kappa shape index (κ1) is 25.7. The van der Waals surface area contributed by atoms with E-state index in [9.17, 15) is 24.1 Å². The lowest BCUT2D eigenvalue weighted by Crippen LogP contribution is -2.41. The van der Waals surface area contributed by atoms with Gasteiger partial charge in [0.05, 0.1) is 12.8 Å². The molecule has 1 aromatic carbocycles. The van der Waals surface area contributed by atoms with E-state index in [1.165, 1.54) is 6.92 Å². The van der Waals surface area contributed by atoms with Crippen molar-refractivity contribution >= 4 is 36.6 Å². The standard InChI is InChI=1S/C20H23Cl2N2O8P/c1-12(13(2)25)11-33(29,32-14-6-4-3-5-7-14)30-10-15-17(27)20(21,22)18(31-15)24-9-8-16(26)23-19(24)28/h3-9,12,15,17-18,27H,10-11H2,1-2H3,(H,23,26,28)/t12-,15-,17+,18-,33?/m1/s1. The number of H-pyrrole nitrogens is 1. The Morgan fingerprint density at radius 3 is 2.58 bits per heavy atom. The first-order valence-corrected chi connectivity index (χ1v) is 12.4. The number of carbonyl (C=O) groups excluding carboxylic acids is 1. The monoisotopic (exact) mass is 520 g/mol. The molecule has 2 heterocycles. The number of aromatic amines is 1. The first-order chi connectivity index (χ1) is 15.4. The van der Waals surface area contributed by atoms with Crippen LogP contribution >= 0.6 is 30.8 Å². The molecule has 1 aromatic heterocycles. The molecule has 0 saturated carbocycles. The van der Waals surface area contributed by atoms with Crippen molar-refractivity contribution in [3.05, 3.63) is 63.4 Å². The van der Waals surface area contributed by atoms with E-state index in [2.05, 4.69) is 0 Å². The first-order valence-electron chi connectivity index (χ1n) is 9.94. The number of aliphatic hydroxyl groups is 1. The Morgan fingerprint density at radius 1 is 1.30 bits per heavy atom. The second-order valence-corrected chi connectivity index (χ2v) is 11.1. The number of benzene rings is 1. The molecule has 0 spiro atoms. The summed E-state index contributed by atoms with van der Waals surface area (Å²) in [5.74, 6) is -0.557. The molecule has 1 aliphatic heterocycles. The van der Waals surface area contributed by atoms with E-state index < -0.39 is 54.1 Å². The van der Waals surface area contributed by atoms with Gasteiger partial charge in [0.2, 0.25) is 0 Å². The van der Waals surface area contributed by atoms with E-state index in [0.717, 1.165) is 16.8 Å². The summed E-state index contributed by atoms with van der Waals surface area (Å²) < 4.78 is 29.2. The van der Waals surface area contributed by atoms with Crippen molar-refractivity contribution in [1.29, 1.82) is 0 Å². The Bertz CT molecular complexity index is 1150. The van der Waals surface area contributed by atoms with Crippen molar-refractivity contribution in [3.63, 3.8) is 0 Å². The Labute approximate surface area is 198 Å². The number of carbonyl (C=O) groups is 1.